The molecule has 0 fully saturated rings. The van der Waals surface area contributed by atoms with Gasteiger partial charge in [-0.1, -0.05) is 0 Å². The maximum Gasteiger partial charge on any atom is 0.0549 e. The Balaban J connectivity index is 3.19. The van der Waals surface area contributed by atoms with Crippen LogP contribution in [-0.2, 0) is 0 Å². The Morgan fingerprint density at radius 3 is 2.75 bits per heavy atom. The van der Waals surface area contributed by atoms with Crippen molar-refractivity contribution in [3.8, 4) is 11.8 Å². The molecular formula is C10H18OS. The zero-order valence-electron chi connectivity index (χ0n) is 7.97. The maximum atomic E-state index is 9.43. The summed E-state index contributed by atoms with van der Waals surface area (Å²) in [5.41, 5.74) is 0. The molecule has 1 nitrogen and oxygen atoms in total. The molecule has 1 N–H and O–H groups in total. The summed E-state index contributed by atoms with van der Waals surface area (Å²) < 4.78 is 0. The molecule has 0 saturated heterocycles. The largest absolute Gasteiger partial charge is 0.393 e. The maximum absolute atomic E-state index is 9.43. The molecule has 0 saturated carbocycles. The first-order chi connectivity index (χ1) is 5.81. The van der Waals surface area contributed by atoms with E-state index in [4.69, 9.17) is 0 Å². The molecule has 0 aromatic heterocycles. The van der Waals surface area contributed by atoms with Gasteiger partial charge in [-0.15, -0.1) is 11.8 Å². The number of rotatable bonds is 6. The summed E-state index contributed by atoms with van der Waals surface area (Å²) in [4.78, 5) is 0. The zero-order valence-corrected chi connectivity index (χ0v) is 8.78. The van der Waals surface area contributed by atoms with Crippen LogP contribution in [0.2, 0.25) is 0 Å². The molecule has 0 aromatic carbocycles. The third kappa shape index (κ3) is 7.97. The van der Waals surface area contributed by atoms with Crippen LogP contribution in [0, 0.1) is 11.8 Å². The van der Waals surface area contributed by atoms with Crippen molar-refractivity contribution >= 4 is 11.8 Å². The third-order valence-electron chi connectivity index (χ3n) is 1.67. The van der Waals surface area contributed by atoms with Crippen molar-refractivity contribution in [3.05, 3.63) is 0 Å². The lowest BCUT2D eigenvalue weighted by atomic mass is 10.1. The van der Waals surface area contributed by atoms with Gasteiger partial charge in [0.05, 0.1) is 6.10 Å². The van der Waals surface area contributed by atoms with Crippen LogP contribution in [0.15, 0.2) is 0 Å². The Morgan fingerprint density at radius 2 is 2.17 bits per heavy atom. The molecule has 0 rings (SSSR count). The minimum Gasteiger partial charge on any atom is -0.393 e. The predicted octanol–water partition coefficient (Wildman–Crippen LogP) is 2.29. The highest BCUT2D eigenvalue weighted by molar-refractivity contribution is 7.98. The first-order valence-electron chi connectivity index (χ1n) is 4.38. The second-order valence-corrected chi connectivity index (χ2v) is 3.74. The molecule has 70 valence electrons. The second-order valence-electron chi connectivity index (χ2n) is 2.75. The van der Waals surface area contributed by atoms with Gasteiger partial charge in [0, 0.05) is 6.42 Å². The van der Waals surface area contributed by atoms with Crippen molar-refractivity contribution < 1.29 is 5.11 Å². The molecule has 0 bridgehead atoms. The molecule has 0 amide bonds. The Labute approximate surface area is 79.9 Å². The number of aliphatic hydroxyl groups excluding tert-OH is 1. The molecule has 12 heavy (non-hydrogen) atoms. The Bertz CT molecular complexity index is 146. The Morgan fingerprint density at radius 1 is 1.42 bits per heavy atom. The highest BCUT2D eigenvalue weighted by atomic mass is 32.2. The number of hydrogen-bond donors (Lipinski definition) is 1. The molecule has 0 aliphatic heterocycles. The minimum absolute atomic E-state index is 0.141. The molecule has 0 radical (unpaired) electrons. The van der Waals surface area contributed by atoms with Crippen LogP contribution in [0.4, 0.5) is 0 Å². The fourth-order valence-electron chi connectivity index (χ4n) is 0.971. The monoisotopic (exact) mass is 186 g/mol. The van der Waals surface area contributed by atoms with Crippen LogP contribution in [-0.4, -0.2) is 23.2 Å². The normalized spacial score (nSPS) is 11.9. The van der Waals surface area contributed by atoms with Crippen LogP contribution in [0.3, 0.4) is 0 Å². The zero-order chi connectivity index (χ0) is 9.23. The van der Waals surface area contributed by atoms with Gasteiger partial charge >= 0.3 is 0 Å². The van der Waals surface area contributed by atoms with E-state index < -0.39 is 0 Å². The van der Waals surface area contributed by atoms with Crippen molar-refractivity contribution in [1.82, 2.24) is 0 Å². The van der Waals surface area contributed by atoms with Gasteiger partial charge in [0.15, 0.2) is 0 Å². The molecule has 0 aliphatic rings. The SMILES string of the molecule is CC#CCCC(O)CCCSC. The van der Waals surface area contributed by atoms with Crippen LogP contribution < -0.4 is 0 Å². The van der Waals surface area contributed by atoms with Gasteiger partial charge in [-0.3, -0.25) is 0 Å². The van der Waals surface area contributed by atoms with Crippen molar-refractivity contribution in [2.75, 3.05) is 12.0 Å². The molecule has 0 aromatic rings. The Hall–Kier alpha value is -0.130. The molecule has 0 aliphatic carbocycles. The van der Waals surface area contributed by atoms with E-state index in [1.165, 1.54) is 0 Å². The number of thioether (sulfide) groups is 1. The summed E-state index contributed by atoms with van der Waals surface area (Å²) in [6.45, 7) is 1.83. The van der Waals surface area contributed by atoms with E-state index in [2.05, 4.69) is 18.1 Å². The molecule has 0 spiro atoms. The highest BCUT2D eigenvalue weighted by Gasteiger charge is 2.01. The number of hydrogen-bond acceptors (Lipinski definition) is 2. The molecular weight excluding hydrogens is 168 g/mol. The van der Waals surface area contributed by atoms with Gasteiger partial charge in [0.2, 0.25) is 0 Å². The summed E-state index contributed by atoms with van der Waals surface area (Å²) in [7, 11) is 0. The average molecular weight is 186 g/mol. The second kappa shape index (κ2) is 8.96. The van der Waals surface area contributed by atoms with Crippen LogP contribution in [0.1, 0.15) is 32.6 Å². The van der Waals surface area contributed by atoms with Gasteiger partial charge in [-0.2, -0.15) is 11.8 Å². The lowest BCUT2D eigenvalue weighted by Crippen LogP contribution is -2.05. The average Bonchev–Trinajstić information content (AvgIpc) is 2.06. The third-order valence-corrected chi connectivity index (χ3v) is 2.36. The van der Waals surface area contributed by atoms with E-state index in [9.17, 15) is 5.11 Å². The summed E-state index contributed by atoms with van der Waals surface area (Å²) in [5.74, 6) is 6.93. The first-order valence-corrected chi connectivity index (χ1v) is 5.77. The van der Waals surface area contributed by atoms with Crippen molar-refractivity contribution in [1.29, 1.82) is 0 Å². The van der Waals surface area contributed by atoms with E-state index >= 15 is 0 Å². The topological polar surface area (TPSA) is 20.2 Å². The van der Waals surface area contributed by atoms with E-state index in [-0.39, 0.29) is 6.10 Å². The summed E-state index contributed by atoms with van der Waals surface area (Å²) >= 11 is 1.83. The van der Waals surface area contributed by atoms with Crippen LogP contribution in [0.5, 0.6) is 0 Å². The van der Waals surface area contributed by atoms with Gasteiger partial charge < -0.3 is 5.11 Å². The molecule has 1 unspecified atom stereocenters. The van der Waals surface area contributed by atoms with Gasteiger partial charge in [0.25, 0.3) is 0 Å². The van der Waals surface area contributed by atoms with Crippen LogP contribution in [0.25, 0.3) is 0 Å². The standard InChI is InChI=1S/C10H18OS/c1-3-4-5-7-10(11)8-6-9-12-2/h10-11H,5-9H2,1-2H3. The van der Waals surface area contributed by atoms with Gasteiger partial charge in [-0.05, 0) is 38.2 Å². The quantitative estimate of drug-likeness (QED) is 0.507. The van der Waals surface area contributed by atoms with E-state index in [0.29, 0.717) is 0 Å². The minimum atomic E-state index is -0.141. The van der Waals surface area contributed by atoms with E-state index in [1.807, 2.05) is 18.7 Å². The summed E-state index contributed by atoms with van der Waals surface area (Å²) in [5, 5.41) is 9.43. The Kier molecular flexibility index (Phi) is 8.86. The van der Waals surface area contributed by atoms with Crippen molar-refractivity contribution in [2.24, 2.45) is 0 Å². The highest BCUT2D eigenvalue weighted by Crippen LogP contribution is 2.06. The lowest BCUT2D eigenvalue weighted by Gasteiger charge is -2.06. The van der Waals surface area contributed by atoms with E-state index in [1.54, 1.807) is 0 Å². The molecule has 0 heterocycles. The first kappa shape index (κ1) is 11.9. The van der Waals surface area contributed by atoms with Gasteiger partial charge in [-0.25, -0.2) is 0 Å². The molecule has 2 heteroatoms. The lowest BCUT2D eigenvalue weighted by molar-refractivity contribution is 0.156. The van der Waals surface area contributed by atoms with Gasteiger partial charge in [0.1, 0.15) is 0 Å². The summed E-state index contributed by atoms with van der Waals surface area (Å²) in [6.07, 6.45) is 5.65. The fraction of sp³-hybridized carbons (Fsp3) is 0.800. The fourth-order valence-corrected chi connectivity index (χ4v) is 1.43. The molecule has 1 atom stereocenters. The van der Waals surface area contributed by atoms with Crippen molar-refractivity contribution in [3.63, 3.8) is 0 Å². The van der Waals surface area contributed by atoms with Crippen molar-refractivity contribution in [2.45, 2.75) is 38.7 Å². The number of aliphatic hydroxyl groups is 1. The summed E-state index contributed by atoms with van der Waals surface area (Å²) in [6, 6.07) is 0. The van der Waals surface area contributed by atoms with E-state index in [0.717, 1.165) is 31.4 Å². The van der Waals surface area contributed by atoms with Crippen LogP contribution >= 0.6 is 11.8 Å². The predicted molar refractivity (Wildman–Crippen MR) is 56.3 cm³/mol. The smallest absolute Gasteiger partial charge is 0.0549 e.